The summed E-state index contributed by atoms with van der Waals surface area (Å²) >= 11 is 0. The number of aliphatic carboxylic acids is 2. The molecule has 0 aliphatic heterocycles. The maximum absolute atomic E-state index is 12.5. The van der Waals surface area contributed by atoms with Crippen molar-refractivity contribution in [3.63, 3.8) is 0 Å². The van der Waals surface area contributed by atoms with Crippen molar-refractivity contribution in [2.45, 2.75) is 44.6 Å². The predicted octanol–water partition coefficient (Wildman–Crippen LogP) is 1.90. The lowest BCUT2D eigenvalue weighted by Gasteiger charge is -2.18. The number of carbonyl (C=O) groups is 3. The van der Waals surface area contributed by atoms with Gasteiger partial charge in [-0.25, -0.2) is 9.78 Å². The molecule has 1 unspecified atom stereocenters. The van der Waals surface area contributed by atoms with Gasteiger partial charge in [0.05, 0.1) is 5.39 Å². The summed E-state index contributed by atoms with van der Waals surface area (Å²) in [4.78, 5) is 47.2. The van der Waals surface area contributed by atoms with Gasteiger partial charge in [-0.1, -0.05) is 12.1 Å². The summed E-state index contributed by atoms with van der Waals surface area (Å²) in [6.45, 7) is 1.90. The SMILES string of the molecule is C#CCC(Cc1cnc2nc(N)nc(N)c2c1C)c1ccc(C(=O)N[C@@H](CCC(=O)O)C(=O)O)cc1. The van der Waals surface area contributed by atoms with E-state index in [4.69, 9.17) is 23.0 Å². The minimum absolute atomic E-state index is 0.0468. The number of nitrogen functional groups attached to an aromatic ring is 2. The Morgan fingerprint density at radius 2 is 1.83 bits per heavy atom. The molecule has 11 nitrogen and oxygen atoms in total. The smallest absolute Gasteiger partial charge is 0.326 e. The molecule has 2 aromatic heterocycles. The number of pyridine rings is 1. The van der Waals surface area contributed by atoms with Crippen LogP contribution in [0.5, 0.6) is 0 Å². The van der Waals surface area contributed by atoms with Crippen molar-refractivity contribution in [2.75, 3.05) is 11.5 Å². The summed E-state index contributed by atoms with van der Waals surface area (Å²) < 4.78 is 0. The molecule has 2 atom stereocenters. The average Bonchev–Trinajstić information content (AvgIpc) is 2.82. The monoisotopic (exact) mass is 490 g/mol. The number of aryl methyl sites for hydroxylation is 1. The number of carboxylic acid groups (broad SMARTS) is 2. The van der Waals surface area contributed by atoms with Crippen LogP contribution in [-0.2, 0) is 16.0 Å². The second-order valence-electron chi connectivity index (χ2n) is 8.30. The highest BCUT2D eigenvalue weighted by Crippen LogP contribution is 2.29. The van der Waals surface area contributed by atoms with Crippen LogP contribution in [-0.4, -0.2) is 49.1 Å². The fourth-order valence-electron chi connectivity index (χ4n) is 3.93. The van der Waals surface area contributed by atoms with Crippen LogP contribution in [0, 0.1) is 19.3 Å². The highest BCUT2D eigenvalue weighted by molar-refractivity contribution is 5.96. The number of amides is 1. The molecule has 7 N–H and O–H groups in total. The summed E-state index contributed by atoms with van der Waals surface area (Å²) in [7, 11) is 0. The molecule has 3 aromatic rings. The number of hydrogen-bond acceptors (Lipinski definition) is 8. The zero-order chi connectivity index (χ0) is 26.4. The molecule has 1 aromatic carbocycles. The molecule has 0 bridgehead atoms. The first-order valence-electron chi connectivity index (χ1n) is 11.1. The zero-order valence-corrected chi connectivity index (χ0v) is 19.6. The summed E-state index contributed by atoms with van der Waals surface area (Å²) in [6.07, 6.45) is 7.70. The van der Waals surface area contributed by atoms with Gasteiger partial charge >= 0.3 is 11.9 Å². The maximum atomic E-state index is 12.5. The molecule has 11 heteroatoms. The van der Waals surface area contributed by atoms with Gasteiger partial charge in [-0.05, 0) is 54.5 Å². The number of carbonyl (C=O) groups excluding carboxylic acids is 1. The first kappa shape index (κ1) is 25.9. The van der Waals surface area contributed by atoms with E-state index < -0.39 is 23.9 Å². The first-order chi connectivity index (χ1) is 17.1. The van der Waals surface area contributed by atoms with Gasteiger partial charge in [-0.3, -0.25) is 9.59 Å². The molecule has 0 aliphatic carbocycles. The van der Waals surface area contributed by atoms with Crippen LogP contribution in [0.25, 0.3) is 11.0 Å². The fraction of sp³-hybridized carbons (Fsp3) is 0.280. The summed E-state index contributed by atoms with van der Waals surface area (Å²) in [5, 5.41) is 21.0. The van der Waals surface area contributed by atoms with Crippen LogP contribution in [0.3, 0.4) is 0 Å². The normalized spacial score (nSPS) is 12.4. The highest BCUT2D eigenvalue weighted by atomic mass is 16.4. The minimum atomic E-state index is -1.31. The average molecular weight is 491 g/mol. The molecule has 1 amide bonds. The van der Waals surface area contributed by atoms with E-state index in [1.165, 1.54) is 0 Å². The largest absolute Gasteiger partial charge is 0.481 e. The number of rotatable bonds is 10. The van der Waals surface area contributed by atoms with Crippen molar-refractivity contribution in [3.05, 3.63) is 52.7 Å². The molecule has 186 valence electrons. The maximum Gasteiger partial charge on any atom is 0.326 e. The van der Waals surface area contributed by atoms with Gasteiger partial charge < -0.3 is 27.0 Å². The molecule has 2 heterocycles. The highest BCUT2D eigenvalue weighted by Gasteiger charge is 2.22. The molecule has 0 spiro atoms. The minimum Gasteiger partial charge on any atom is -0.481 e. The number of nitrogens with one attached hydrogen (secondary N) is 1. The Bertz CT molecular complexity index is 1350. The number of terminal acetylenes is 1. The van der Waals surface area contributed by atoms with E-state index in [-0.39, 0.29) is 36.1 Å². The fourth-order valence-corrected chi connectivity index (χ4v) is 3.93. The summed E-state index contributed by atoms with van der Waals surface area (Å²) in [5.41, 5.74) is 15.0. The van der Waals surface area contributed by atoms with Crippen molar-refractivity contribution < 1.29 is 24.6 Å². The molecule has 3 rings (SSSR count). The third-order valence-electron chi connectivity index (χ3n) is 5.86. The molecule has 0 saturated heterocycles. The Morgan fingerprint density at radius 1 is 1.14 bits per heavy atom. The predicted molar refractivity (Wildman–Crippen MR) is 133 cm³/mol. The lowest BCUT2D eigenvalue weighted by molar-refractivity contribution is -0.140. The van der Waals surface area contributed by atoms with Crippen LogP contribution in [0.4, 0.5) is 11.8 Å². The van der Waals surface area contributed by atoms with Crippen LogP contribution >= 0.6 is 0 Å². The lowest BCUT2D eigenvalue weighted by atomic mass is 9.87. The second kappa shape index (κ2) is 11.1. The number of fused-ring (bicyclic) bond motifs is 1. The molecular formula is C25H26N6O5. The van der Waals surface area contributed by atoms with Crippen LogP contribution in [0.1, 0.15) is 52.2 Å². The molecule has 36 heavy (non-hydrogen) atoms. The Balaban J connectivity index is 1.80. The lowest BCUT2D eigenvalue weighted by Crippen LogP contribution is -2.41. The van der Waals surface area contributed by atoms with Crippen LogP contribution in [0.15, 0.2) is 30.5 Å². The topological polar surface area (TPSA) is 194 Å². The van der Waals surface area contributed by atoms with Crippen molar-refractivity contribution in [3.8, 4) is 12.3 Å². The van der Waals surface area contributed by atoms with Crippen molar-refractivity contribution in [1.29, 1.82) is 0 Å². The van der Waals surface area contributed by atoms with Crippen molar-refractivity contribution in [2.24, 2.45) is 0 Å². The van der Waals surface area contributed by atoms with Gasteiger partial charge in [0.2, 0.25) is 5.95 Å². The van der Waals surface area contributed by atoms with Gasteiger partial charge in [0.25, 0.3) is 5.91 Å². The van der Waals surface area contributed by atoms with E-state index in [1.807, 2.05) is 6.92 Å². The van der Waals surface area contributed by atoms with Gasteiger partial charge in [0, 0.05) is 24.6 Å². The summed E-state index contributed by atoms with van der Waals surface area (Å²) in [6, 6.07) is 5.35. The number of aromatic nitrogens is 3. The van der Waals surface area contributed by atoms with Crippen LogP contribution < -0.4 is 16.8 Å². The Labute approximate surface area is 207 Å². The third-order valence-corrected chi connectivity index (χ3v) is 5.86. The van der Waals surface area contributed by atoms with Gasteiger partial charge in [-0.2, -0.15) is 9.97 Å². The summed E-state index contributed by atoms with van der Waals surface area (Å²) in [5.74, 6) is -0.178. The number of nitrogens with zero attached hydrogens (tertiary/aromatic N) is 3. The third kappa shape index (κ3) is 6.04. The quantitative estimate of drug-likeness (QED) is 0.262. The van der Waals surface area contributed by atoms with E-state index in [9.17, 15) is 19.5 Å². The standard InChI is InChI=1S/C25H26N6O5/c1-3-4-16(11-17-12-28-22-20(13(17)2)21(26)30-25(27)31-22)14-5-7-15(8-6-14)23(34)29-18(24(35)36)9-10-19(32)33/h1,5-8,12,16,18H,4,9-11H2,2H3,(H,29,34)(H,32,33)(H,35,36)(H4,26,27,28,30,31)/t16?,18-/m0/s1. The van der Waals surface area contributed by atoms with E-state index in [0.717, 1.165) is 16.7 Å². The van der Waals surface area contributed by atoms with Crippen LogP contribution in [0.2, 0.25) is 0 Å². The van der Waals surface area contributed by atoms with Gasteiger partial charge in [0.1, 0.15) is 11.9 Å². The van der Waals surface area contributed by atoms with Gasteiger partial charge in [0.15, 0.2) is 5.65 Å². The van der Waals surface area contributed by atoms with Crippen molar-refractivity contribution >= 4 is 40.6 Å². The Morgan fingerprint density at radius 3 is 2.44 bits per heavy atom. The van der Waals surface area contributed by atoms with E-state index in [2.05, 4.69) is 26.2 Å². The molecule has 0 radical (unpaired) electrons. The molecule has 0 saturated carbocycles. The number of hydrogen-bond donors (Lipinski definition) is 5. The number of benzene rings is 1. The van der Waals surface area contributed by atoms with Gasteiger partial charge in [-0.15, -0.1) is 12.3 Å². The number of carboxylic acids is 2. The Hall–Kier alpha value is -4.72. The van der Waals surface area contributed by atoms with E-state index in [0.29, 0.717) is 23.9 Å². The van der Waals surface area contributed by atoms with E-state index in [1.54, 1.807) is 30.5 Å². The van der Waals surface area contributed by atoms with E-state index >= 15 is 0 Å². The molecule has 0 fully saturated rings. The Kier molecular flexibility index (Phi) is 8.01. The second-order valence-corrected chi connectivity index (χ2v) is 8.30. The first-order valence-corrected chi connectivity index (χ1v) is 11.1. The number of anilines is 2. The molecule has 0 aliphatic rings. The molecular weight excluding hydrogens is 464 g/mol. The zero-order valence-electron chi connectivity index (χ0n) is 19.6. The number of nitrogens with two attached hydrogens (primary N) is 2. The van der Waals surface area contributed by atoms with Crippen molar-refractivity contribution in [1.82, 2.24) is 20.3 Å².